The lowest BCUT2D eigenvalue weighted by molar-refractivity contribution is 0.574. The van der Waals surface area contributed by atoms with Crippen molar-refractivity contribution in [1.82, 2.24) is 4.98 Å². The van der Waals surface area contributed by atoms with Crippen molar-refractivity contribution < 1.29 is 0 Å². The third-order valence-electron chi connectivity index (χ3n) is 3.65. The van der Waals surface area contributed by atoms with Crippen LogP contribution >= 0.6 is 11.8 Å². The zero-order valence-corrected chi connectivity index (χ0v) is 13.4. The Morgan fingerprint density at radius 2 is 1.74 bits per heavy atom. The van der Waals surface area contributed by atoms with E-state index in [1.165, 1.54) is 12.8 Å². The molecule has 0 aliphatic heterocycles. The van der Waals surface area contributed by atoms with Crippen molar-refractivity contribution in [1.29, 1.82) is 0 Å². The monoisotopic (exact) mass is 281 g/mol. The van der Waals surface area contributed by atoms with Crippen LogP contribution in [0.4, 0.5) is 11.4 Å². The molecule has 3 nitrogen and oxygen atoms in total. The normalized spacial score (nSPS) is 11.4. The first-order chi connectivity index (χ1) is 9.19. The summed E-state index contributed by atoms with van der Waals surface area (Å²) < 4.78 is 0.326. The summed E-state index contributed by atoms with van der Waals surface area (Å²) >= 11 is 1.96. The third kappa shape index (κ3) is 4.94. The van der Waals surface area contributed by atoms with Crippen molar-refractivity contribution >= 4 is 23.1 Å². The second-order valence-corrected chi connectivity index (χ2v) is 6.11. The van der Waals surface area contributed by atoms with Crippen LogP contribution in [0.2, 0.25) is 0 Å². The molecule has 1 aromatic heterocycles. The van der Waals surface area contributed by atoms with Crippen molar-refractivity contribution in [3.05, 3.63) is 18.5 Å². The summed E-state index contributed by atoms with van der Waals surface area (Å²) in [7, 11) is 0. The van der Waals surface area contributed by atoms with Gasteiger partial charge in [0.05, 0.1) is 23.8 Å². The molecule has 0 bridgehead atoms. The second kappa shape index (κ2) is 8.31. The molecule has 0 atom stereocenters. The minimum atomic E-state index is 0.326. The smallest absolute Gasteiger partial charge is 0.0547 e. The number of anilines is 2. The van der Waals surface area contributed by atoms with Gasteiger partial charge in [0.2, 0.25) is 0 Å². The van der Waals surface area contributed by atoms with Gasteiger partial charge in [-0.3, -0.25) is 4.98 Å². The minimum Gasteiger partial charge on any atom is -0.384 e. The zero-order chi connectivity index (χ0) is 14.1. The highest BCUT2D eigenvalue weighted by Gasteiger charge is 2.24. The summed E-state index contributed by atoms with van der Waals surface area (Å²) in [5, 5.41) is 6.90. The van der Waals surface area contributed by atoms with Gasteiger partial charge in [0.25, 0.3) is 0 Å². The van der Waals surface area contributed by atoms with E-state index in [1.54, 1.807) is 0 Å². The van der Waals surface area contributed by atoms with Crippen LogP contribution in [0.5, 0.6) is 0 Å². The Kier molecular flexibility index (Phi) is 7.06. The molecular formula is C15H27N3S. The standard InChI is InChI=1S/C15H27N3S/c1-5-8-17-13-9-14(11-16-10-13)18-12-15(6-2,7-3)19-4/h9-11,17-18H,5-8,12H2,1-4H3. The molecule has 0 saturated heterocycles. The number of pyridine rings is 1. The van der Waals surface area contributed by atoms with Crippen molar-refractivity contribution in [2.24, 2.45) is 0 Å². The molecule has 108 valence electrons. The van der Waals surface area contributed by atoms with Crippen molar-refractivity contribution in [2.75, 3.05) is 30.0 Å². The van der Waals surface area contributed by atoms with Crippen molar-refractivity contribution in [2.45, 2.75) is 44.8 Å². The van der Waals surface area contributed by atoms with E-state index in [-0.39, 0.29) is 0 Å². The van der Waals surface area contributed by atoms with Gasteiger partial charge >= 0.3 is 0 Å². The third-order valence-corrected chi connectivity index (χ3v) is 5.24. The van der Waals surface area contributed by atoms with Crippen LogP contribution in [0, 0.1) is 0 Å². The summed E-state index contributed by atoms with van der Waals surface area (Å²) in [5.74, 6) is 0. The number of rotatable bonds is 9. The fourth-order valence-electron chi connectivity index (χ4n) is 2.03. The number of hydrogen-bond donors (Lipinski definition) is 2. The maximum Gasteiger partial charge on any atom is 0.0547 e. The number of nitrogens with zero attached hydrogens (tertiary/aromatic N) is 1. The molecule has 0 unspecified atom stereocenters. The van der Waals surface area contributed by atoms with E-state index in [4.69, 9.17) is 0 Å². The van der Waals surface area contributed by atoms with Crippen LogP contribution in [0.25, 0.3) is 0 Å². The predicted molar refractivity (Wildman–Crippen MR) is 88.3 cm³/mol. The molecule has 0 aromatic carbocycles. The Labute approximate surface area is 122 Å². The van der Waals surface area contributed by atoms with Gasteiger partial charge in [-0.25, -0.2) is 0 Å². The number of nitrogens with one attached hydrogen (secondary N) is 2. The summed E-state index contributed by atoms with van der Waals surface area (Å²) in [5.41, 5.74) is 2.19. The molecule has 1 rings (SSSR count). The molecule has 0 radical (unpaired) electrons. The van der Waals surface area contributed by atoms with E-state index < -0.39 is 0 Å². The molecule has 1 aromatic rings. The van der Waals surface area contributed by atoms with E-state index in [0.29, 0.717) is 4.75 Å². The lowest BCUT2D eigenvalue weighted by Gasteiger charge is -2.30. The highest BCUT2D eigenvalue weighted by molar-refractivity contribution is 8.00. The Balaban J connectivity index is 2.61. The lowest BCUT2D eigenvalue weighted by Crippen LogP contribution is -2.32. The van der Waals surface area contributed by atoms with Crippen LogP contribution in [0.3, 0.4) is 0 Å². The topological polar surface area (TPSA) is 37.0 Å². The maximum absolute atomic E-state index is 4.28. The second-order valence-electron chi connectivity index (χ2n) is 4.84. The van der Waals surface area contributed by atoms with Gasteiger partial charge in [-0.1, -0.05) is 20.8 Å². The van der Waals surface area contributed by atoms with Crippen LogP contribution in [-0.2, 0) is 0 Å². The predicted octanol–water partition coefficient (Wildman–Crippen LogP) is 4.24. The van der Waals surface area contributed by atoms with E-state index in [1.807, 2.05) is 24.2 Å². The molecule has 0 spiro atoms. The van der Waals surface area contributed by atoms with Crippen molar-refractivity contribution in [3.8, 4) is 0 Å². The highest BCUT2D eigenvalue weighted by Crippen LogP contribution is 2.30. The van der Waals surface area contributed by atoms with Crippen LogP contribution < -0.4 is 10.6 Å². The molecular weight excluding hydrogens is 254 g/mol. The van der Waals surface area contributed by atoms with Gasteiger partial charge in [0.15, 0.2) is 0 Å². The SMILES string of the molecule is CCCNc1cncc(NCC(CC)(CC)SC)c1. The van der Waals surface area contributed by atoms with Crippen LogP contribution in [0.15, 0.2) is 18.5 Å². The fraction of sp³-hybridized carbons (Fsp3) is 0.667. The van der Waals surface area contributed by atoms with Gasteiger partial charge in [0, 0.05) is 17.8 Å². The highest BCUT2D eigenvalue weighted by atomic mass is 32.2. The summed E-state index contributed by atoms with van der Waals surface area (Å²) in [6, 6.07) is 2.14. The molecule has 0 amide bonds. The summed E-state index contributed by atoms with van der Waals surface area (Å²) in [6.45, 7) is 8.67. The van der Waals surface area contributed by atoms with Gasteiger partial charge in [0.1, 0.15) is 0 Å². The summed E-state index contributed by atoms with van der Waals surface area (Å²) in [4.78, 5) is 4.28. The Morgan fingerprint density at radius 3 is 2.26 bits per heavy atom. The molecule has 1 heterocycles. The zero-order valence-electron chi connectivity index (χ0n) is 12.6. The maximum atomic E-state index is 4.28. The lowest BCUT2D eigenvalue weighted by atomic mass is 10.0. The first-order valence-electron chi connectivity index (χ1n) is 7.17. The van der Waals surface area contributed by atoms with Gasteiger partial charge in [-0.05, 0) is 31.6 Å². The van der Waals surface area contributed by atoms with Crippen molar-refractivity contribution in [3.63, 3.8) is 0 Å². The number of aromatic nitrogens is 1. The quantitative estimate of drug-likeness (QED) is 0.710. The summed E-state index contributed by atoms with van der Waals surface area (Å²) in [6.07, 6.45) is 9.46. The average molecular weight is 281 g/mol. The van der Waals surface area contributed by atoms with Crippen LogP contribution in [0.1, 0.15) is 40.0 Å². The Morgan fingerprint density at radius 1 is 1.11 bits per heavy atom. The Hall–Kier alpha value is -0.900. The fourth-order valence-corrected chi connectivity index (χ4v) is 2.82. The number of thioether (sulfide) groups is 1. The van der Waals surface area contributed by atoms with Gasteiger partial charge in [-0.15, -0.1) is 0 Å². The largest absolute Gasteiger partial charge is 0.384 e. The van der Waals surface area contributed by atoms with E-state index >= 15 is 0 Å². The molecule has 0 aliphatic carbocycles. The van der Waals surface area contributed by atoms with E-state index in [0.717, 1.165) is 30.9 Å². The first kappa shape index (κ1) is 16.2. The van der Waals surface area contributed by atoms with Gasteiger partial charge in [-0.2, -0.15) is 11.8 Å². The molecule has 0 saturated carbocycles. The Bertz CT molecular complexity index is 356. The van der Waals surface area contributed by atoms with E-state index in [2.05, 4.69) is 48.7 Å². The minimum absolute atomic E-state index is 0.326. The molecule has 0 aliphatic rings. The molecule has 4 heteroatoms. The number of hydrogen-bond acceptors (Lipinski definition) is 4. The molecule has 2 N–H and O–H groups in total. The molecule has 0 fully saturated rings. The molecule has 19 heavy (non-hydrogen) atoms. The average Bonchev–Trinajstić information content (AvgIpc) is 2.47. The van der Waals surface area contributed by atoms with Gasteiger partial charge < -0.3 is 10.6 Å². The first-order valence-corrected chi connectivity index (χ1v) is 8.40. The van der Waals surface area contributed by atoms with E-state index in [9.17, 15) is 0 Å². The van der Waals surface area contributed by atoms with Crippen LogP contribution in [-0.4, -0.2) is 29.1 Å².